The summed E-state index contributed by atoms with van der Waals surface area (Å²) >= 11 is 0. The molecule has 1 aromatic rings. The minimum absolute atomic E-state index is 0.168. The molecule has 0 aliphatic carbocycles. The summed E-state index contributed by atoms with van der Waals surface area (Å²) in [6.07, 6.45) is 4.83. The molecule has 3 heteroatoms. The Labute approximate surface area is 128 Å². The zero-order chi connectivity index (χ0) is 15.1. The first-order valence-electron chi connectivity index (χ1n) is 8.30. The van der Waals surface area contributed by atoms with Crippen LogP contribution in [0.3, 0.4) is 0 Å². The Kier molecular flexibility index (Phi) is 6.07. The molecular weight excluding hydrogens is 262 g/mol. The lowest BCUT2D eigenvalue weighted by atomic mass is 9.74. The van der Waals surface area contributed by atoms with E-state index >= 15 is 0 Å². The maximum absolute atomic E-state index is 9.83. The molecule has 1 fully saturated rings. The van der Waals surface area contributed by atoms with Gasteiger partial charge in [0.15, 0.2) is 0 Å². The second kappa shape index (κ2) is 7.81. The van der Waals surface area contributed by atoms with Crippen molar-refractivity contribution in [2.75, 3.05) is 32.8 Å². The van der Waals surface area contributed by atoms with Crippen molar-refractivity contribution in [1.82, 2.24) is 4.90 Å². The quantitative estimate of drug-likeness (QED) is 0.813. The van der Waals surface area contributed by atoms with Crippen LogP contribution >= 0.6 is 0 Å². The Morgan fingerprint density at radius 2 is 2.14 bits per heavy atom. The van der Waals surface area contributed by atoms with Gasteiger partial charge in [-0.05, 0) is 50.4 Å². The highest BCUT2D eigenvalue weighted by Crippen LogP contribution is 2.37. The summed E-state index contributed by atoms with van der Waals surface area (Å²) in [6.45, 7) is 9.17. The molecule has 1 heterocycles. The summed E-state index contributed by atoms with van der Waals surface area (Å²) in [5.74, 6) is 0.380. The van der Waals surface area contributed by atoms with Gasteiger partial charge in [-0.2, -0.15) is 0 Å². The van der Waals surface area contributed by atoms with Crippen LogP contribution in [0.4, 0.5) is 0 Å². The lowest BCUT2D eigenvalue weighted by Gasteiger charge is -2.36. The lowest BCUT2D eigenvalue weighted by Crippen LogP contribution is -2.40. The molecule has 0 aromatic heterocycles. The minimum atomic E-state index is 0.168. The standard InChI is InChI=1S/C18H29NO2/c1-3-18(16-8-7-9-17(20)14-16)10-5-6-11-19(15-18)12-13-21-4-2/h7-9,14,20H,3-6,10-13,15H2,1-2H3/t18-/m1/s1. The molecule has 1 N–H and O–H groups in total. The van der Waals surface area contributed by atoms with Crippen LogP contribution in [0.15, 0.2) is 24.3 Å². The number of rotatable bonds is 6. The van der Waals surface area contributed by atoms with Gasteiger partial charge in [-0.1, -0.05) is 25.5 Å². The molecule has 1 aliphatic heterocycles. The molecule has 3 nitrogen and oxygen atoms in total. The molecule has 0 bridgehead atoms. The average Bonchev–Trinajstić information content (AvgIpc) is 2.71. The van der Waals surface area contributed by atoms with Crippen LogP contribution in [0.25, 0.3) is 0 Å². The highest BCUT2D eigenvalue weighted by Gasteiger charge is 2.34. The number of benzene rings is 1. The molecule has 0 unspecified atom stereocenters. The number of phenolic OH excluding ortho intramolecular Hbond substituents is 1. The number of likely N-dealkylation sites (tertiary alicyclic amines) is 1. The van der Waals surface area contributed by atoms with Crippen LogP contribution in [0.2, 0.25) is 0 Å². The fraction of sp³-hybridized carbons (Fsp3) is 0.667. The molecule has 2 rings (SSSR count). The van der Waals surface area contributed by atoms with Gasteiger partial charge in [0, 0.05) is 25.1 Å². The van der Waals surface area contributed by atoms with E-state index in [-0.39, 0.29) is 5.41 Å². The zero-order valence-electron chi connectivity index (χ0n) is 13.5. The van der Waals surface area contributed by atoms with Crippen LogP contribution in [-0.4, -0.2) is 42.9 Å². The van der Waals surface area contributed by atoms with Gasteiger partial charge in [-0.15, -0.1) is 0 Å². The highest BCUT2D eigenvalue weighted by atomic mass is 16.5. The first-order valence-corrected chi connectivity index (χ1v) is 8.30. The number of aromatic hydroxyl groups is 1. The second-order valence-electron chi connectivity index (χ2n) is 6.11. The van der Waals surface area contributed by atoms with Crippen LogP contribution in [-0.2, 0) is 10.2 Å². The summed E-state index contributed by atoms with van der Waals surface area (Å²) in [5, 5.41) is 9.83. The van der Waals surface area contributed by atoms with Gasteiger partial charge in [-0.3, -0.25) is 0 Å². The van der Waals surface area contributed by atoms with Gasteiger partial charge >= 0.3 is 0 Å². The van der Waals surface area contributed by atoms with Gasteiger partial charge in [0.1, 0.15) is 5.75 Å². The number of phenols is 1. The highest BCUT2D eigenvalue weighted by molar-refractivity contribution is 5.33. The molecule has 118 valence electrons. The van der Waals surface area contributed by atoms with Gasteiger partial charge in [0.25, 0.3) is 0 Å². The van der Waals surface area contributed by atoms with Crippen molar-refractivity contribution in [3.05, 3.63) is 29.8 Å². The van der Waals surface area contributed by atoms with Crippen molar-refractivity contribution < 1.29 is 9.84 Å². The molecule has 1 atom stereocenters. The van der Waals surface area contributed by atoms with Crippen LogP contribution in [0.1, 0.15) is 45.1 Å². The SMILES string of the molecule is CCOCCN1CCCC[C@@](CC)(c2cccc(O)c2)C1. The predicted octanol–water partition coefficient (Wildman–Crippen LogP) is 3.56. The summed E-state index contributed by atoms with van der Waals surface area (Å²) in [7, 11) is 0. The van der Waals surface area contributed by atoms with Crippen molar-refractivity contribution in [2.45, 2.75) is 44.9 Å². The van der Waals surface area contributed by atoms with E-state index in [9.17, 15) is 5.11 Å². The Balaban J connectivity index is 2.15. The van der Waals surface area contributed by atoms with Crippen LogP contribution in [0.5, 0.6) is 5.75 Å². The van der Waals surface area contributed by atoms with Crippen molar-refractivity contribution in [3.63, 3.8) is 0 Å². The lowest BCUT2D eigenvalue weighted by molar-refractivity contribution is 0.105. The largest absolute Gasteiger partial charge is 0.508 e. The van der Waals surface area contributed by atoms with E-state index < -0.39 is 0 Å². The van der Waals surface area contributed by atoms with E-state index in [1.54, 1.807) is 6.07 Å². The van der Waals surface area contributed by atoms with E-state index in [4.69, 9.17) is 4.74 Å². The molecule has 0 amide bonds. The number of ether oxygens (including phenoxy) is 1. The maximum atomic E-state index is 9.83. The van der Waals surface area contributed by atoms with Crippen molar-refractivity contribution in [2.24, 2.45) is 0 Å². The van der Waals surface area contributed by atoms with Crippen molar-refractivity contribution in [3.8, 4) is 5.75 Å². The molecule has 21 heavy (non-hydrogen) atoms. The fourth-order valence-electron chi connectivity index (χ4n) is 3.48. The zero-order valence-corrected chi connectivity index (χ0v) is 13.5. The topological polar surface area (TPSA) is 32.7 Å². The van der Waals surface area contributed by atoms with Gasteiger partial charge < -0.3 is 14.7 Å². The predicted molar refractivity (Wildman–Crippen MR) is 86.9 cm³/mol. The molecular formula is C18H29NO2. The summed E-state index contributed by atoms with van der Waals surface area (Å²) < 4.78 is 5.52. The third-order valence-electron chi connectivity index (χ3n) is 4.80. The molecule has 0 radical (unpaired) electrons. The van der Waals surface area contributed by atoms with E-state index in [0.717, 1.165) is 39.3 Å². The fourth-order valence-corrected chi connectivity index (χ4v) is 3.48. The van der Waals surface area contributed by atoms with Crippen molar-refractivity contribution in [1.29, 1.82) is 0 Å². The normalized spacial score (nSPS) is 23.9. The number of hydrogen-bond acceptors (Lipinski definition) is 3. The van der Waals surface area contributed by atoms with Gasteiger partial charge in [0.05, 0.1) is 6.61 Å². The first-order chi connectivity index (χ1) is 10.2. The smallest absolute Gasteiger partial charge is 0.115 e. The van der Waals surface area contributed by atoms with Crippen molar-refractivity contribution >= 4 is 0 Å². The number of nitrogens with zero attached hydrogens (tertiary/aromatic N) is 1. The molecule has 1 aromatic carbocycles. The maximum Gasteiger partial charge on any atom is 0.115 e. The summed E-state index contributed by atoms with van der Waals surface area (Å²) in [5.41, 5.74) is 1.45. The third-order valence-corrected chi connectivity index (χ3v) is 4.80. The summed E-state index contributed by atoms with van der Waals surface area (Å²) in [6, 6.07) is 7.86. The second-order valence-corrected chi connectivity index (χ2v) is 6.11. The molecule has 0 spiro atoms. The van der Waals surface area contributed by atoms with E-state index in [2.05, 4.69) is 17.9 Å². The monoisotopic (exact) mass is 291 g/mol. The third kappa shape index (κ3) is 4.21. The summed E-state index contributed by atoms with van der Waals surface area (Å²) in [4.78, 5) is 2.54. The Hall–Kier alpha value is -1.06. The van der Waals surface area contributed by atoms with E-state index in [1.165, 1.54) is 24.8 Å². The van der Waals surface area contributed by atoms with E-state index in [0.29, 0.717) is 5.75 Å². The Bertz CT molecular complexity index is 435. The first kappa shape index (κ1) is 16.3. The van der Waals surface area contributed by atoms with Gasteiger partial charge in [0.2, 0.25) is 0 Å². The minimum Gasteiger partial charge on any atom is -0.508 e. The molecule has 1 saturated heterocycles. The Morgan fingerprint density at radius 1 is 1.29 bits per heavy atom. The van der Waals surface area contributed by atoms with Gasteiger partial charge in [-0.25, -0.2) is 0 Å². The van der Waals surface area contributed by atoms with Crippen LogP contribution in [0, 0.1) is 0 Å². The Morgan fingerprint density at radius 3 is 2.86 bits per heavy atom. The van der Waals surface area contributed by atoms with E-state index in [1.807, 2.05) is 19.1 Å². The van der Waals surface area contributed by atoms with Crippen LogP contribution < -0.4 is 0 Å². The molecule has 0 saturated carbocycles. The number of hydrogen-bond donors (Lipinski definition) is 1. The molecule has 1 aliphatic rings. The average molecular weight is 291 g/mol.